The first-order valence-electron chi connectivity index (χ1n) is 7.77. The summed E-state index contributed by atoms with van der Waals surface area (Å²) in [6.07, 6.45) is 1.49. The molecule has 0 aliphatic rings. The van der Waals surface area contributed by atoms with Gasteiger partial charge in [0.15, 0.2) is 0 Å². The van der Waals surface area contributed by atoms with Crippen LogP contribution in [0.15, 0.2) is 59.5 Å². The van der Waals surface area contributed by atoms with Crippen molar-refractivity contribution in [1.29, 1.82) is 0 Å². The lowest BCUT2D eigenvalue weighted by Crippen LogP contribution is -2.32. The molecule has 6 nitrogen and oxygen atoms in total. The molecule has 0 unspecified atom stereocenters. The topological polar surface area (TPSA) is 76.9 Å². The minimum absolute atomic E-state index is 0.110. The Balaban J connectivity index is 1.69. The predicted molar refractivity (Wildman–Crippen MR) is 95.5 cm³/mol. The van der Waals surface area contributed by atoms with Crippen molar-refractivity contribution in [2.45, 2.75) is 6.54 Å². The maximum Gasteiger partial charge on any atom is 0.266 e. The van der Waals surface area contributed by atoms with Crippen LogP contribution in [0.25, 0.3) is 11.3 Å². The van der Waals surface area contributed by atoms with Crippen LogP contribution in [0.3, 0.4) is 0 Å². The van der Waals surface area contributed by atoms with Crippen molar-refractivity contribution in [3.8, 4) is 11.3 Å². The van der Waals surface area contributed by atoms with E-state index in [0.717, 1.165) is 0 Å². The van der Waals surface area contributed by atoms with Crippen LogP contribution in [0.4, 0.5) is 4.39 Å². The zero-order valence-electron chi connectivity index (χ0n) is 13.5. The number of halogens is 2. The molecule has 132 valence electrons. The highest BCUT2D eigenvalue weighted by Crippen LogP contribution is 2.15. The SMILES string of the molecule is O=C(NCCn1nc(-c2ccc(F)cc2)ccc1=O)c1cccnc1Cl. The van der Waals surface area contributed by atoms with Crippen LogP contribution < -0.4 is 10.9 Å². The largest absolute Gasteiger partial charge is 0.350 e. The van der Waals surface area contributed by atoms with E-state index >= 15 is 0 Å². The Hall–Kier alpha value is -3.06. The first-order chi connectivity index (χ1) is 12.5. The summed E-state index contributed by atoms with van der Waals surface area (Å²) in [4.78, 5) is 27.9. The Kier molecular flexibility index (Phi) is 5.38. The Morgan fingerprint density at radius 1 is 1.15 bits per heavy atom. The fourth-order valence-corrected chi connectivity index (χ4v) is 2.51. The molecule has 0 spiro atoms. The number of benzene rings is 1. The van der Waals surface area contributed by atoms with Crippen molar-refractivity contribution < 1.29 is 9.18 Å². The lowest BCUT2D eigenvalue weighted by Gasteiger charge is -2.09. The van der Waals surface area contributed by atoms with Gasteiger partial charge in [-0.25, -0.2) is 14.1 Å². The van der Waals surface area contributed by atoms with E-state index in [1.54, 1.807) is 30.3 Å². The molecule has 26 heavy (non-hydrogen) atoms. The van der Waals surface area contributed by atoms with Crippen molar-refractivity contribution in [3.63, 3.8) is 0 Å². The normalized spacial score (nSPS) is 10.5. The van der Waals surface area contributed by atoms with Crippen LogP contribution in [0, 0.1) is 5.82 Å². The monoisotopic (exact) mass is 372 g/mol. The van der Waals surface area contributed by atoms with Crippen molar-refractivity contribution >= 4 is 17.5 Å². The molecule has 0 bridgehead atoms. The number of nitrogens with zero attached hydrogens (tertiary/aromatic N) is 3. The quantitative estimate of drug-likeness (QED) is 0.698. The third kappa shape index (κ3) is 4.12. The lowest BCUT2D eigenvalue weighted by atomic mass is 10.1. The van der Waals surface area contributed by atoms with Crippen LogP contribution >= 0.6 is 11.6 Å². The van der Waals surface area contributed by atoms with E-state index in [2.05, 4.69) is 15.4 Å². The molecule has 0 saturated heterocycles. The average Bonchev–Trinajstić information content (AvgIpc) is 2.64. The second kappa shape index (κ2) is 7.88. The van der Waals surface area contributed by atoms with Crippen LogP contribution in [0.5, 0.6) is 0 Å². The number of rotatable bonds is 5. The van der Waals surface area contributed by atoms with Gasteiger partial charge in [0.2, 0.25) is 0 Å². The summed E-state index contributed by atoms with van der Waals surface area (Å²) in [5.41, 5.74) is 1.18. The van der Waals surface area contributed by atoms with Gasteiger partial charge in [-0.1, -0.05) is 11.6 Å². The van der Waals surface area contributed by atoms with Crippen LogP contribution in [-0.2, 0) is 6.54 Å². The molecule has 0 fully saturated rings. The summed E-state index contributed by atoms with van der Waals surface area (Å²) < 4.78 is 14.3. The molecule has 0 aliphatic heterocycles. The Morgan fingerprint density at radius 2 is 1.92 bits per heavy atom. The molecule has 0 aliphatic carbocycles. The standard InChI is InChI=1S/C18H14ClFN4O2/c19-17-14(2-1-9-21-17)18(26)22-10-11-24-16(25)8-7-15(23-24)12-3-5-13(20)6-4-12/h1-9H,10-11H2,(H,22,26). The maximum absolute atomic E-state index is 13.0. The first-order valence-corrected chi connectivity index (χ1v) is 8.15. The average molecular weight is 373 g/mol. The predicted octanol–water partition coefficient (Wildman–Crippen LogP) is 2.53. The van der Waals surface area contributed by atoms with Gasteiger partial charge < -0.3 is 5.32 Å². The molecular weight excluding hydrogens is 359 g/mol. The van der Waals surface area contributed by atoms with Gasteiger partial charge in [0, 0.05) is 24.4 Å². The Labute approximate surface area is 153 Å². The van der Waals surface area contributed by atoms with Gasteiger partial charge in [0.05, 0.1) is 17.8 Å². The first kappa shape index (κ1) is 17.8. The van der Waals surface area contributed by atoms with Gasteiger partial charge >= 0.3 is 0 Å². The fourth-order valence-electron chi connectivity index (χ4n) is 2.31. The molecular formula is C18H14ClFN4O2. The zero-order chi connectivity index (χ0) is 18.5. The molecule has 3 rings (SSSR count). The summed E-state index contributed by atoms with van der Waals surface area (Å²) in [7, 11) is 0. The van der Waals surface area contributed by atoms with Gasteiger partial charge in [-0.3, -0.25) is 9.59 Å². The highest BCUT2D eigenvalue weighted by molar-refractivity contribution is 6.32. The van der Waals surface area contributed by atoms with Crippen molar-refractivity contribution in [1.82, 2.24) is 20.1 Å². The van der Waals surface area contributed by atoms with Crippen molar-refractivity contribution in [3.05, 3.63) is 81.6 Å². The third-order valence-electron chi connectivity index (χ3n) is 3.62. The zero-order valence-corrected chi connectivity index (χ0v) is 14.3. The van der Waals surface area contributed by atoms with Crippen LogP contribution in [0.2, 0.25) is 5.15 Å². The summed E-state index contributed by atoms with van der Waals surface area (Å²) in [5, 5.41) is 7.03. The third-order valence-corrected chi connectivity index (χ3v) is 3.92. The smallest absolute Gasteiger partial charge is 0.266 e. The van der Waals surface area contributed by atoms with E-state index in [1.165, 1.54) is 29.1 Å². The second-order valence-corrected chi connectivity index (χ2v) is 5.74. The summed E-state index contributed by atoms with van der Waals surface area (Å²) in [6.45, 7) is 0.362. The molecule has 3 aromatic rings. The molecule has 1 aromatic carbocycles. The molecule has 0 atom stereocenters. The lowest BCUT2D eigenvalue weighted by molar-refractivity contribution is 0.0951. The van der Waals surface area contributed by atoms with Gasteiger partial charge in [-0.15, -0.1) is 0 Å². The summed E-state index contributed by atoms with van der Waals surface area (Å²) >= 11 is 5.87. The van der Waals surface area contributed by atoms with Crippen molar-refractivity contribution in [2.24, 2.45) is 0 Å². The molecule has 2 aromatic heterocycles. The number of aromatic nitrogens is 3. The fraction of sp³-hybridized carbons (Fsp3) is 0.111. The Morgan fingerprint density at radius 3 is 2.65 bits per heavy atom. The van der Waals surface area contributed by atoms with Crippen molar-refractivity contribution in [2.75, 3.05) is 6.54 Å². The van der Waals surface area contributed by atoms with Gasteiger partial charge in [-0.2, -0.15) is 5.10 Å². The molecule has 1 amide bonds. The number of carbonyl (C=O) groups excluding carboxylic acids is 1. The van der Waals surface area contributed by atoms with E-state index < -0.39 is 0 Å². The van der Waals surface area contributed by atoms with Gasteiger partial charge in [0.25, 0.3) is 11.5 Å². The van der Waals surface area contributed by atoms with E-state index in [1.807, 2.05) is 0 Å². The number of amides is 1. The number of hydrogen-bond donors (Lipinski definition) is 1. The molecule has 1 N–H and O–H groups in total. The van der Waals surface area contributed by atoms with Crippen LogP contribution in [-0.4, -0.2) is 27.2 Å². The number of hydrogen-bond acceptors (Lipinski definition) is 4. The highest BCUT2D eigenvalue weighted by Gasteiger charge is 2.10. The minimum Gasteiger partial charge on any atom is -0.350 e. The molecule has 0 saturated carbocycles. The molecule has 0 radical (unpaired) electrons. The van der Waals surface area contributed by atoms with Gasteiger partial charge in [-0.05, 0) is 42.5 Å². The van der Waals surface area contributed by atoms with E-state index in [9.17, 15) is 14.0 Å². The minimum atomic E-state index is -0.383. The summed E-state index contributed by atoms with van der Waals surface area (Å²) in [5.74, 6) is -0.732. The Bertz CT molecular complexity index is 989. The second-order valence-electron chi connectivity index (χ2n) is 5.38. The molecule has 2 heterocycles. The van der Waals surface area contributed by atoms with E-state index in [-0.39, 0.29) is 41.1 Å². The van der Waals surface area contributed by atoms with Crippen LogP contribution in [0.1, 0.15) is 10.4 Å². The number of pyridine rings is 1. The van der Waals surface area contributed by atoms with E-state index in [4.69, 9.17) is 11.6 Å². The highest BCUT2D eigenvalue weighted by atomic mass is 35.5. The number of nitrogens with one attached hydrogen (secondary N) is 1. The van der Waals surface area contributed by atoms with Gasteiger partial charge in [0.1, 0.15) is 11.0 Å². The number of carbonyl (C=O) groups is 1. The summed E-state index contributed by atoms with van der Waals surface area (Å²) in [6, 6.07) is 11.9. The molecule has 8 heteroatoms. The maximum atomic E-state index is 13.0. The van der Waals surface area contributed by atoms with E-state index in [0.29, 0.717) is 11.3 Å².